The minimum Gasteiger partial charge on any atom is -0.376 e. The zero-order valence-corrected chi connectivity index (χ0v) is 18.1. The molecule has 2 N–H and O–H groups in total. The van der Waals surface area contributed by atoms with Crippen LogP contribution in [0.25, 0.3) is 5.70 Å². The molecule has 0 unspecified atom stereocenters. The van der Waals surface area contributed by atoms with Gasteiger partial charge in [-0.05, 0) is 33.1 Å². The van der Waals surface area contributed by atoms with Crippen molar-refractivity contribution in [1.82, 2.24) is 9.55 Å². The van der Waals surface area contributed by atoms with Crippen LogP contribution in [-0.2, 0) is 4.74 Å². The van der Waals surface area contributed by atoms with Crippen molar-refractivity contribution in [2.75, 3.05) is 24.6 Å². The summed E-state index contributed by atoms with van der Waals surface area (Å²) >= 11 is 12.3. The van der Waals surface area contributed by atoms with Gasteiger partial charge in [0.1, 0.15) is 23.2 Å². The summed E-state index contributed by atoms with van der Waals surface area (Å²) in [6.45, 7) is 5.84. The van der Waals surface area contributed by atoms with E-state index >= 15 is 0 Å². The quantitative estimate of drug-likeness (QED) is 0.758. The van der Waals surface area contributed by atoms with Crippen molar-refractivity contribution in [2.45, 2.75) is 51.7 Å². The third kappa shape index (κ3) is 3.52. The van der Waals surface area contributed by atoms with Crippen molar-refractivity contribution < 1.29 is 9.13 Å². The van der Waals surface area contributed by atoms with Crippen molar-refractivity contribution in [3.8, 4) is 0 Å². The highest BCUT2D eigenvalue weighted by molar-refractivity contribution is 6.43. The number of hydrogen-bond acceptors (Lipinski definition) is 5. The number of hydrogen-bond donors (Lipinski definition) is 1. The number of nitrogens with zero attached hydrogens (tertiary/aromatic N) is 3. The van der Waals surface area contributed by atoms with E-state index in [9.17, 15) is 9.18 Å². The molecule has 0 amide bonds. The average molecular weight is 443 g/mol. The molecule has 0 bridgehead atoms. The third-order valence-electron chi connectivity index (χ3n) is 6.49. The fourth-order valence-corrected chi connectivity index (χ4v) is 5.05. The first kappa shape index (κ1) is 20.8. The van der Waals surface area contributed by atoms with Crippen molar-refractivity contribution in [3.05, 3.63) is 38.1 Å². The predicted octanol–water partition coefficient (Wildman–Crippen LogP) is 3.51. The van der Waals surface area contributed by atoms with Crippen LogP contribution in [-0.4, -0.2) is 41.4 Å². The Balaban J connectivity index is 1.60. The molecule has 1 aliphatic carbocycles. The molecule has 9 heteroatoms. The molecule has 3 aliphatic rings. The highest BCUT2D eigenvalue weighted by atomic mass is 35.5. The number of ether oxygens (including phenoxy) is 1. The van der Waals surface area contributed by atoms with Gasteiger partial charge in [0.05, 0.1) is 17.7 Å². The van der Waals surface area contributed by atoms with E-state index < -0.39 is 5.83 Å². The van der Waals surface area contributed by atoms with Crippen LogP contribution in [0.5, 0.6) is 0 Å². The van der Waals surface area contributed by atoms with Gasteiger partial charge in [0.2, 0.25) is 0 Å². The maximum atomic E-state index is 14.5. The molecule has 0 saturated carbocycles. The van der Waals surface area contributed by atoms with E-state index in [1.807, 2.05) is 6.92 Å². The van der Waals surface area contributed by atoms with Crippen molar-refractivity contribution in [2.24, 2.45) is 11.1 Å². The number of anilines is 1. The Bertz CT molecular complexity index is 950. The Kier molecular flexibility index (Phi) is 5.53. The maximum Gasteiger partial charge on any atom is 0.260 e. The van der Waals surface area contributed by atoms with Crippen LogP contribution < -0.4 is 16.2 Å². The zero-order chi connectivity index (χ0) is 20.9. The number of aromatic nitrogens is 2. The average Bonchev–Trinajstić information content (AvgIpc) is 2.96. The molecule has 1 aromatic heterocycles. The summed E-state index contributed by atoms with van der Waals surface area (Å²) in [6, 6.07) is 1.46. The summed E-state index contributed by atoms with van der Waals surface area (Å²) in [6.07, 6.45) is 2.27. The number of nitrogens with two attached hydrogens (primary N) is 1. The fraction of sp³-hybridized carbons (Fsp3) is 0.600. The van der Waals surface area contributed by atoms with Gasteiger partial charge in [0.15, 0.2) is 0 Å². The maximum absolute atomic E-state index is 14.5. The summed E-state index contributed by atoms with van der Waals surface area (Å²) in [5.74, 6) is 0.502. The molecule has 158 valence electrons. The molecule has 2 fully saturated rings. The highest BCUT2D eigenvalue weighted by Gasteiger charge is 2.47. The molecule has 4 rings (SSSR count). The first-order valence-electron chi connectivity index (χ1n) is 9.90. The summed E-state index contributed by atoms with van der Waals surface area (Å²) in [5, 5.41) is 0.420. The van der Waals surface area contributed by atoms with E-state index in [1.165, 1.54) is 10.6 Å². The van der Waals surface area contributed by atoms with E-state index in [2.05, 4.69) is 9.88 Å². The smallest absolute Gasteiger partial charge is 0.260 e. The first-order valence-corrected chi connectivity index (χ1v) is 10.7. The van der Waals surface area contributed by atoms with E-state index in [4.69, 9.17) is 33.7 Å². The molecule has 1 spiro atoms. The predicted molar refractivity (Wildman–Crippen MR) is 113 cm³/mol. The monoisotopic (exact) mass is 442 g/mol. The first-order chi connectivity index (χ1) is 13.7. The van der Waals surface area contributed by atoms with Gasteiger partial charge in [0, 0.05) is 42.1 Å². The Morgan fingerprint density at radius 1 is 1.31 bits per heavy atom. The zero-order valence-electron chi connectivity index (χ0n) is 16.6. The summed E-state index contributed by atoms with van der Waals surface area (Å²) < 4.78 is 21.5. The molecule has 2 saturated heterocycles. The van der Waals surface area contributed by atoms with Crippen LogP contribution >= 0.6 is 23.2 Å². The van der Waals surface area contributed by atoms with Gasteiger partial charge in [-0.15, -0.1) is 0 Å². The van der Waals surface area contributed by atoms with Crippen LogP contribution in [0.1, 0.15) is 38.4 Å². The lowest BCUT2D eigenvalue weighted by Crippen LogP contribution is -2.51. The molecule has 1 aromatic rings. The lowest BCUT2D eigenvalue weighted by atomic mass is 9.73. The Labute approximate surface area is 179 Å². The van der Waals surface area contributed by atoms with Crippen LogP contribution in [0, 0.1) is 12.3 Å². The van der Waals surface area contributed by atoms with Crippen LogP contribution in [0.4, 0.5) is 10.2 Å². The van der Waals surface area contributed by atoms with E-state index in [0.29, 0.717) is 29.7 Å². The number of halogens is 3. The van der Waals surface area contributed by atoms with Gasteiger partial charge >= 0.3 is 0 Å². The molecule has 0 aromatic carbocycles. The highest BCUT2D eigenvalue weighted by Crippen LogP contribution is 2.42. The van der Waals surface area contributed by atoms with Crippen LogP contribution in [0.3, 0.4) is 0 Å². The largest absolute Gasteiger partial charge is 0.376 e. The normalized spacial score (nSPS) is 27.3. The van der Waals surface area contributed by atoms with Gasteiger partial charge < -0.3 is 15.4 Å². The lowest BCUT2D eigenvalue weighted by Gasteiger charge is -2.41. The van der Waals surface area contributed by atoms with Gasteiger partial charge in [-0.3, -0.25) is 9.36 Å². The minimum absolute atomic E-state index is 0.00475. The molecule has 0 radical (unpaired) electrons. The lowest BCUT2D eigenvalue weighted by molar-refractivity contribution is 0.0974. The molecule has 2 atom stereocenters. The van der Waals surface area contributed by atoms with Crippen LogP contribution in [0.2, 0.25) is 0 Å². The molecule has 3 heterocycles. The number of allylic oxidation sites excluding steroid dienone is 4. The third-order valence-corrected chi connectivity index (χ3v) is 7.38. The Hall–Kier alpha value is -1.41. The topological polar surface area (TPSA) is 73.4 Å². The molecule has 6 nitrogen and oxygen atoms in total. The second-order valence-corrected chi connectivity index (χ2v) is 9.03. The van der Waals surface area contributed by atoms with Crippen molar-refractivity contribution >= 4 is 34.7 Å². The number of piperidine rings is 1. The van der Waals surface area contributed by atoms with Gasteiger partial charge in [-0.2, -0.15) is 0 Å². The van der Waals surface area contributed by atoms with Crippen LogP contribution in [0.15, 0.2) is 26.8 Å². The molecule has 2 aliphatic heterocycles. The van der Waals surface area contributed by atoms with Gasteiger partial charge in [-0.25, -0.2) is 9.37 Å². The van der Waals surface area contributed by atoms with Gasteiger partial charge in [-0.1, -0.05) is 23.2 Å². The van der Waals surface area contributed by atoms with Crippen molar-refractivity contribution in [3.63, 3.8) is 0 Å². The van der Waals surface area contributed by atoms with E-state index in [0.717, 1.165) is 25.9 Å². The fourth-order valence-electron chi connectivity index (χ4n) is 4.59. The minimum atomic E-state index is -0.455. The SMILES string of the molecule is Cc1nc(N2CCC3(CC2)CO[C@@H](C)[C@H]3N)cc(=O)n1C1=C(F)CCC(Cl)=C1Cl. The standard InChI is InChI=1S/C20H25Cl2FN4O2/c1-11-19(24)20(10-29-11)5-7-26(8-6-20)15-9-16(28)27(12(2)25-15)18-14(23)4-3-13(21)17(18)22/h9,11,19H,3-8,10,24H2,1-2H3/t11-,19+/m0/s1. The van der Waals surface area contributed by atoms with Gasteiger partial charge in [0.25, 0.3) is 5.56 Å². The summed E-state index contributed by atoms with van der Waals surface area (Å²) in [4.78, 5) is 19.5. The molecule has 29 heavy (non-hydrogen) atoms. The second-order valence-electron chi connectivity index (χ2n) is 8.20. The number of rotatable bonds is 2. The van der Waals surface area contributed by atoms with Crippen molar-refractivity contribution in [1.29, 1.82) is 0 Å². The summed E-state index contributed by atoms with van der Waals surface area (Å²) in [5.41, 5.74) is 6.00. The number of aryl methyl sites for hydroxylation is 1. The van der Waals surface area contributed by atoms with E-state index in [-0.39, 0.29) is 40.3 Å². The Morgan fingerprint density at radius 2 is 2.00 bits per heavy atom. The second kappa shape index (κ2) is 7.69. The summed E-state index contributed by atoms with van der Waals surface area (Å²) in [7, 11) is 0. The molecular weight excluding hydrogens is 418 g/mol. The Morgan fingerprint density at radius 3 is 2.59 bits per heavy atom. The molecular formula is C20H25Cl2FN4O2. The van der Waals surface area contributed by atoms with E-state index in [1.54, 1.807) is 6.92 Å².